The number of nitrogens with zero attached hydrogens (tertiary/aromatic N) is 2. The Kier molecular flexibility index (Phi) is 5.33. The van der Waals surface area contributed by atoms with Gasteiger partial charge < -0.3 is 9.30 Å². The van der Waals surface area contributed by atoms with Crippen LogP contribution in [-0.4, -0.2) is 22.6 Å². The zero-order valence-electron chi connectivity index (χ0n) is 14.7. The van der Waals surface area contributed by atoms with Crippen molar-refractivity contribution in [3.63, 3.8) is 0 Å². The van der Waals surface area contributed by atoms with E-state index in [0.29, 0.717) is 18.8 Å². The van der Waals surface area contributed by atoms with Gasteiger partial charge in [-0.2, -0.15) is 0 Å². The molecular formula is C20H23N3O2. The average molecular weight is 337 g/mol. The van der Waals surface area contributed by atoms with Gasteiger partial charge in [-0.1, -0.05) is 31.2 Å². The maximum atomic E-state index is 12.4. The Morgan fingerprint density at radius 1 is 1.16 bits per heavy atom. The molecule has 130 valence electrons. The van der Waals surface area contributed by atoms with Crippen molar-refractivity contribution in [1.82, 2.24) is 9.55 Å². The summed E-state index contributed by atoms with van der Waals surface area (Å²) in [5.74, 6) is 1.42. The van der Waals surface area contributed by atoms with Crippen molar-refractivity contribution in [3.05, 3.63) is 54.1 Å². The molecule has 5 nitrogen and oxygen atoms in total. The number of para-hydroxylation sites is 2. The van der Waals surface area contributed by atoms with Gasteiger partial charge in [-0.3, -0.25) is 10.1 Å². The fourth-order valence-electron chi connectivity index (χ4n) is 2.86. The number of aromatic nitrogens is 2. The van der Waals surface area contributed by atoms with Crippen LogP contribution in [0.25, 0.3) is 11.0 Å². The first kappa shape index (κ1) is 17.0. The Morgan fingerprint density at radius 3 is 2.64 bits per heavy atom. The number of anilines is 1. The Balaban J connectivity index is 1.67. The fraction of sp³-hybridized carbons (Fsp3) is 0.300. The molecule has 0 fully saturated rings. The minimum atomic E-state index is -0.0246. The normalized spacial score (nSPS) is 10.8. The topological polar surface area (TPSA) is 56.2 Å². The summed E-state index contributed by atoms with van der Waals surface area (Å²) in [5.41, 5.74) is 3.06. The maximum absolute atomic E-state index is 12.4. The van der Waals surface area contributed by atoms with E-state index in [1.165, 1.54) is 0 Å². The quantitative estimate of drug-likeness (QED) is 0.708. The summed E-state index contributed by atoms with van der Waals surface area (Å²) < 4.78 is 7.22. The molecule has 25 heavy (non-hydrogen) atoms. The number of hydrogen-bond acceptors (Lipinski definition) is 3. The Morgan fingerprint density at radius 2 is 1.92 bits per heavy atom. The second-order valence-corrected chi connectivity index (χ2v) is 5.97. The third-order valence-electron chi connectivity index (χ3n) is 4.15. The van der Waals surface area contributed by atoms with E-state index in [1.807, 2.05) is 48.5 Å². The second kappa shape index (κ2) is 7.83. The number of aryl methyl sites for hydroxylation is 2. The fourth-order valence-corrected chi connectivity index (χ4v) is 2.86. The van der Waals surface area contributed by atoms with Crippen LogP contribution in [0.3, 0.4) is 0 Å². The van der Waals surface area contributed by atoms with Gasteiger partial charge >= 0.3 is 0 Å². The molecule has 1 N–H and O–H groups in total. The smallest absolute Gasteiger partial charge is 0.227 e. The molecule has 5 heteroatoms. The summed E-state index contributed by atoms with van der Waals surface area (Å²) in [6.07, 6.45) is 2.08. The number of imidazole rings is 1. The van der Waals surface area contributed by atoms with E-state index in [4.69, 9.17) is 4.74 Å². The third kappa shape index (κ3) is 3.99. The zero-order chi connectivity index (χ0) is 17.6. The van der Waals surface area contributed by atoms with Gasteiger partial charge in [0.25, 0.3) is 0 Å². The van der Waals surface area contributed by atoms with Crippen molar-refractivity contribution >= 4 is 22.9 Å². The van der Waals surface area contributed by atoms with Crippen LogP contribution in [0, 0.1) is 0 Å². The lowest BCUT2D eigenvalue weighted by Crippen LogP contribution is -2.16. The number of carbonyl (C=O) groups excluding carboxylic acids is 1. The highest BCUT2D eigenvalue weighted by atomic mass is 16.5. The number of fused-ring (bicyclic) bond motifs is 1. The predicted molar refractivity (Wildman–Crippen MR) is 100.0 cm³/mol. The molecule has 0 aliphatic rings. The first-order chi connectivity index (χ1) is 12.2. The molecule has 0 bridgehead atoms. The van der Waals surface area contributed by atoms with E-state index < -0.39 is 0 Å². The lowest BCUT2D eigenvalue weighted by molar-refractivity contribution is -0.116. The van der Waals surface area contributed by atoms with Gasteiger partial charge in [0.05, 0.1) is 18.1 Å². The van der Waals surface area contributed by atoms with Crippen LogP contribution in [0.4, 0.5) is 5.95 Å². The highest BCUT2D eigenvalue weighted by Crippen LogP contribution is 2.20. The molecule has 0 spiro atoms. The van der Waals surface area contributed by atoms with Gasteiger partial charge in [0.1, 0.15) is 5.75 Å². The molecule has 0 aliphatic carbocycles. The number of rotatable bonds is 7. The molecule has 0 saturated carbocycles. The molecule has 0 radical (unpaired) electrons. The van der Waals surface area contributed by atoms with E-state index >= 15 is 0 Å². The lowest BCUT2D eigenvalue weighted by Gasteiger charge is -2.09. The molecule has 1 aromatic heterocycles. The minimum absolute atomic E-state index is 0.0246. The third-order valence-corrected chi connectivity index (χ3v) is 4.15. The van der Waals surface area contributed by atoms with Crippen LogP contribution in [0.5, 0.6) is 5.75 Å². The molecular weight excluding hydrogens is 314 g/mol. The van der Waals surface area contributed by atoms with Gasteiger partial charge in [0.2, 0.25) is 11.9 Å². The maximum Gasteiger partial charge on any atom is 0.227 e. The molecule has 0 saturated heterocycles. The van der Waals surface area contributed by atoms with E-state index in [-0.39, 0.29) is 5.91 Å². The van der Waals surface area contributed by atoms with Crippen LogP contribution in [0.15, 0.2) is 48.5 Å². The number of hydrogen-bond donors (Lipinski definition) is 1. The largest absolute Gasteiger partial charge is 0.497 e. The molecule has 0 unspecified atom stereocenters. The standard InChI is InChI=1S/C20H23N3O2/c1-3-14-23-18-7-5-4-6-17(18)21-20(23)22-19(24)13-10-15-8-11-16(25-2)12-9-15/h4-9,11-12H,3,10,13-14H2,1-2H3,(H,21,22,24). The van der Waals surface area contributed by atoms with E-state index in [1.54, 1.807) is 7.11 Å². The SMILES string of the molecule is CCCn1c(NC(=O)CCc2ccc(OC)cc2)nc2ccccc21. The number of methoxy groups -OCH3 is 1. The first-order valence-corrected chi connectivity index (χ1v) is 8.59. The van der Waals surface area contributed by atoms with E-state index in [0.717, 1.165) is 35.3 Å². The molecule has 3 rings (SSSR count). The first-order valence-electron chi connectivity index (χ1n) is 8.59. The summed E-state index contributed by atoms with van der Waals surface area (Å²) in [6.45, 7) is 2.94. The summed E-state index contributed by atoms with van der Waals surface area (Å²) in [7, 11) is 1.64. The number of carbonyl (C=O) groups is 1. The van der Waals surface area contributed by atoms with E-state index in [9.17, 15) is 4.79 Å². The molecule has 1 heterocycles. The minimum Gasteiger partial charge on any atom is -0.497 e. The van der Waals surface area contributed by atoms with E-state index in [2.05, 4.69) is 21.8 Å². The van der Waals surface area contributed by atoms with Crippen LogP contribution in [-0.2, 0) is 17.8 Å². The van der Waals surface area contributed by atoms with Crippen molar-refractivity contribution in [2.45, 2.75) is 32.7 Å². The molecule has 2 aromatic carbocycles. The number of ether oxygens (including phenoxy) is 1. The Bertz CT molecular complexity index is 853. The molecule has 3 aromatic rings. The Hall–Kier alpha value is -2.82. The van der Waals surface area contributed by atoms with Crippen LogP contribution in [0.2, 0.25) is 0 Å². The zero-order valence-corrected chi connectivity index (χ0v) is 14.7. The summed E-state index contributed by atoms with van der Waals surface area (Å²) in [6, 6.07) is 15.7. The molecule has 0 atom stereocenters. The van der Waals surface area contributed by atoms with Crippen molar-refractivity contribution in [2.24, 2.45) is 0 Å². The molecule has 1 amide bonds. The highest BCUT2D eigenvalue weighted by molar-refractivity contribution is 5.91. The van der Waals surface area contributed by atoms with Crippen LogP contribution < -0.4 is 10.1 Å². The predicted octanol–water partition coefficient (Wildman–Crippen LogP) is 4.03. The average Bonchev–Trinajstić information content (AvgIpc) is 2.98. The molecule has 0 aliphatic heterocycles. The van der Waals surface area contributed by atoms with Crippen molar-refractivity contribution in [2.75, 3.05) is 12.4 Å². The van der Waals surface area contributed by atoms with Gasteiger partial charge in [-0.15, -0.1) is 0 Å². The highest BCUT2D eigenvalue weighted by Gasteiger charge is 2.12. The second-order valence-electron chi connectivity index (χ2n) is 5.97. The van der Waals surface area contributed by atoms with Gasteiger partial charge in [0.15, 0.2) is 0 Å². The van der Waals surface area contributed by atoms with Crippen molar-refractivity contribution in [1.29, 1.82) is 0 Å². The summed E-state index contributed by atoms with van der Waals surface area (Å²) in [4.78, 5) is 16.9. The Labute approximate surface area is 147 Å². The number of benzene rings is 2. The van der Waals surface area contributed by atoms with Gasteiger partial charge in [0, 0.05) is 13.0 Å². The lowest BCUT2D eigenvalue weighted by atomic mass is 10.1. The van der Waals surface area contributed by atoms with Gasteiger partial charge in [-0.05, 0) is 42.7 Å². The number of amides is 1. The number of nitrogens with one attached hydrogen (secondary N) is 1. The summed E-state index contributed by atoms with van der Waals surface area (Å²) >= 11 is 0. The summed E-state index contributed by atoms with van der Waals surface area (Å²) in [5, 5.41) is 2.97. The monoisotopic (exact) mass is 337 g/mol. The van der Waals surface area contributed by atoms with Crippen LogP contribution >= 0.6 is 0 Å². The van der Waals surface area contributed by atoms with Crippen molar-refractivity contribution < 1.29 is 9.53 Å². The van der Waals surface area contributed by atoms with Crippen LogP contribution in [0.1, 0.15) is 25.3 Å². The van der Waals surface area contributed by atoms with Crippen molar-refractivity contribution in [3.8, 4) is 5.75 Å². The van der Waals surface area contributed by atoms with Gasteiger partial charge in [-0.25, -0.2) is 4.98 Å².